The summed E-state index contributed by atoms with van der Waals surface area (Å²) >= 11 is 0. The number of nitrogens with one attached hydrogen (secondary N) is 1. The highest BCUT2D eigenvalue weighted by atomic mass is 16.5. The second kappa shape index (κ2) is 3.77. The predicted molar refractivity (Wildman–Crippen MR) is 68.3 cm³/mol. The Morgan fingerprint density at radius 3 is 3.00 bits per heavy atom. The second-order valence-electron chi connectivity index (χ2n) is 4.17. The van der Waals surface area contributed by atoms with Gasteiger partial charge in [0.15, 0.2) is 0 Å². The first kappa shape index (κ1) is 10.1. The molecule has 0 bridgehead atoms. The van der Waals surface area contributed by atoms with Crippen molar-refractivity contribution in [2.45, 2.75) is 19.4 Å². The smallest absolute Gasteiger partial charge is 0.259 e. The Hall–Kier alpha value is -2.03. The third-order valence-corrected chi connectivity index (χ3v) is 3.06. The third kappa shape index (κ3) is 1.55. The summed E-state index contributed by atoms with van der Waals surface area (Å²) in [5.41, 5.74) is 1.35. The lowest BCUT2D eigenvalue weighted by atomic mass is 10.1. The van der Waals surface area contributed by atoms with Gasteiger partial charge in [0.1, 0.15) is 11.9 Å². The van der Waals surface area contributed by atoms with Gasteiger partial charge >= 0.3 is 0 Å². The summed E-state index contributed by atoms with van der Waals surface area (Å²) in [5.74, 6) is 0.707. The number of hydrogen-bond acceptors (Lipinski definition) is 2. The van der Waals surface area contributed by atoms with Crippen LogP contribution in [0.25, 0.3) is 17.0 Å². The van der Waals surface area contributed by atoms with E-state index in [9.17, 15) is 4.79 Å². The molecule has 3 nitrogen and oxygen atoms in total. The molecule has 3 heteroatoms. The number of aromatic nitrogens is 1. The minimum absolute atomic E-state index is 0.0627. The summed E-state index contributed by atoms with van der Waals surface area (Å²) in [6, 6.07) is 7.71. The lowest BCUT2D eigenvalue weighted by Crippen LogP contribution is -2.21. The Labute approximate surface area is 98.7 Å². The van der Waals surface area contributed by atoms with Crippen molar-refractivity contribution in [2.24, 2.45) is 0 Å². The normalized spacial score (nSPS) is 17.8. The van der Waals surface area contributed by atoms with Gasteiger partial charge in [-0.05, 0) is 30.7 Å². The van der Waals surface area contributed by atoms with Crippen molar-refractivity contribution in [3.63, 3.8) is 0 Å². The molecule has 0 spiro atoms. The molecular formula is C14H13NO2. The van der Waals surface area contributed by atoms with E-state index in [4.69, 9.17) is 4.74 Å². The summed E-state index contributed by atoms with van der Waals surface area (Å²) in [7, 11) is 0. The molecule has 0 saturated heterocycles. The minimum Gasteiger partial charge on any atom is -0.485 e. The number of fused-ring (bicyclic) bond motifs is 3. The number of pyridine rings is 1. The first-order valence-corrected chi connectivity index (χ1v) is 5.79. The molecule has 3 rings (SSSR count). The van der Waals surface area contributed by atoms with Crippen LogP contribution in [-0.4, -0.2) is 11.1 Å². The highest BCUT2D eigenvalue weighted by Gasteiger charge is 2.18. The first-order valence-electron chi connectivity index (χ1n) is 5.79. The standard InChI is InChI=1S/C14H13NO2/c1-2-9-7-8-11-13(17-9)10-5-3-4-6-12(10)15-14(11)16/h3-9H,2H2,1H3,(H,15,16). The number of para-hydroxylation sites is 1. The molecule has 17 heavy (non-hydrogen) atoms. The van der Waals surface area contributed by atoms with Crippen LogP contribution in [0.3, 0.4) is 0 Å². The highest BCUT2D eigenvalue weighted by molar-refractivity contribution is 5.89. The van der Waals surface area contributed by atoms with E-state index < -0.39 is 0 Å². The Morgan fingerprint density at radius 2 is 2.18 bits per heavy atom. The van der Waals surface area contributed by atoms with Gasteiger partial charge in [0.2, 0.25) is 0 Å². The zero-order valence-electron chi connectivity index (χ0n) is 9.57. The lowest BCUT2D eigenvalue weighted by molar-refractivity contribution is 0.244. The van der Waals surface area contributed by atoms with E-state index in [2.05, 4.69) is 11.9 Å². The fourth-order valence-corrected chi connectivity index (χ4v) is 2.12. The molecular weight excluding hydrogens is 214 g/mol. The molecule has 86 valence electrons. The summed E-state index contributed by atoms with van der Waals surface area (Å²) in [4.78, 5) is 14.7. The second-order valence-corrected chi connectivity index (χ2v) is 4.17. The molecule has 2 aromatic rings. The Kier molecular flexibility index (Phi) is 2.25. The van der Waals surface area contributed by atoms with E-state index in [-0.39, 0.29) is 11.7 Å². The van der Waals surface area contributed by atoms with Crippen LogP contribution < -0.4 is 10.3 Å². The summed E-state index contributed by atoms with van der Waals surface area (Å²) < 4.78 is 5.87. The van der Waals surface area contributed by atoms with Crippen LogP contribution in [0.1, 0.15) is 18.9 Å². The quantitative estimate of drug-likeness (QED) is 0.813. The highest BCUT2D eigenvalue weighted by Crippen LogP contribution is 2.31. The molecule has 1 unspecified atom stereocenters. The van der Waals surface area contributed by atoms with Crippen molar-refractivity contribution >= 4 is 17.0 Å². The van der Waals surface area contributed by atoms with Crippen LogP contribution in [-0.2, 0) is 0 Å². The number of H-pyrrole nitrogens is 1. The van der Waals surface area contributed by atoms with Crippen LogP contribution in [0.15, 0.2) is 35.1 Å². The molecule has 0 amide bonds. The van der Waals surface area contributed by atoms with E-state index in [0.29, 0.717) is 11.3 Å². The van der Waals surface area contributed by atoms with Crippen LogP contribution in [0.4, 0.5) is 0 Å². The zero-order chi connectivity index (χ0) is 11.8. The molecule has 1 aromatic heterocycles. The molecule has 0 fully saturated rings. The SMILES string of the molecule is CCC1C=Cc2c(c3ccccc3[nH]c2=O)O1. The third-order valence-electron chi connectivity index (χ3n) is 3.06. The molecule has 0 aliphatic carbocycles. The molecule has 1 aromatic carbocycles. The van der Waals surface area contributed by atoms with Gasteiger partial charge in [-0.2, -0.15) is 0 Å². The van der Waals surface area contributed by atoms with Crippen LogP contribution in [0.5, 0.6) is 5.75 Å². The molecule has 2 heterocycles. The van der Waals surface area contributed by atoms with Crippen molar-refractivity contribution < 1.29 is 4.74 Å². The van der Waals surface area contributed by atoms with Crippen LogP contribution in [0, 0.1) is 0 Å². The number of ether oxygens (including phenoxy) is 1. The van der Waals surface area contributed by atoms with Gasteiger partial charge in [-0.15, -0.1) is 0 Å². The van der Waals surface area contributed by atoms with E-state index >= 15 is 0 Å². The summed E-state index contributed by atoms with van der Waals surface area (Å²) in [6.07, 6.45) is 4.76. The van der Waals surface area contributed by atoms with E-state index in [1.54, 1.807) is 0 Å². The van der Waals surface area contributed by atoms with Crippen molar-refractivity contribution in [2.75, 3.05) is 0 Å². The average Bonchev–Trinajstić information content (AvgIpc) is 2.38. The van der Waals surface area contributed by atoms with Gasteiger partial charge < -0.3 is 9.72 Å². The van der Waals surface area contributed by atoms with Crippen molar-refractivity contribution in [1.29, 1.82) is 0 Å². The monoisotopic (exact) mass is 227 g/mol. The zero-order valence-corrected chi connectivity index (χ0v) is 9.57. The molecule has 1 aliphatic rings. The van der Waals surface area contributed by atoms with E-state index in [1.807, 2.05) is 36.4 Å². The van der Waals surface area contributed by atoms with Crippen molar-refractivity contribution in [3.05, 3.63) is 46.3 Å². The summed E-state index contributed by atoms with van der Waals surface area (Å²) in [5, 5.41) is 0.963. The maximum atomic E-state index is 11.9. The van der Waals surface area contributed by atoms with Gasteiger partial charge in [0, 0.05) is 5.39 Å². The predicted octanol–water partition coefficient (Wildman–Crippen LogP) is 2.71. The van der Waals surface area contributed by atoms with Gasteiger partial charge in [0.25, 0.3) is 5.56 Å². The maximum absolute atomic E-state index is 11.9. The topological polar surface area (TPSA) is 42.1 Å². The minimum atomic E-state index is -0.0931. The number of rotatable bonds is 1. The lowest BCUT2D eigenvalue weighted by Gasteiger charge is -2.21. The number of benzene rings is 1. The Balaban J connectivity index is 2.33. The summed E-state index contributed by atoms with van der Waals surface area (Å²) in [6.45, 7) is 2.06. The van der Waals surface area contributed by atoms with Crippen LogP contribution >= 0.6 is 0 Å². The first-order chi connectivity index (χ1) is 8.29. The Morgan fingerprint density at radius 1 is 1.35 bits per heavy atom. The fourth-order valence-electron chi connectivity index (χ4n) is 2.12. The molecule has 0 radical (unpaired) electrons. The Bertz CT molecular complexity index is 655. The van der Waals surface area contributed by atoms with Crippen molar-refractivity contribution in [3.8, 4) is 5.75 Å². The van der Waals surface area contributed by atoms with Gasteiger partial charge in [0.05, 0.1) is 11.1 Å². The van der Waals surface area contributed by atoms with Gasteiger partial charge in [-0.1, -0.05) is 19.1 Å². The molecule has 1 N–H and O–H groups in total. The number of aromatic amines is 1. The largest absolute Gasteiger partial charge is 0.485 e. The van der Waals surface area contributed by atoms with Crippen molar-refractivity contribution in [1.82, 2.24) is 4.98 Å². The van der Waals surface area contributed by atoms with Gasteiger partial charge in [-0.25, -0.2) is 0 Å². The molecule has 1 atom stereocenters. The van der Waals surface area contributed by atoms with Gasteiger partial charge in [-0.3, -0.25) is 4.79 Å². The average molecular weight is 227 g/mol. The van der Waals surface area contributed by atoms with E-state index in [0.717, 1.165) is 17.3 Å². The van der Waals surface area contributed by atoms with E-state index in [1.165, 1.54) is 0 Å². The molecule has 1 aliphatic heterocycles. The fraction of sp³-hybridized carbons (Fsp3) is 0.214. The number of hydrogen-bond donors (Lipinski definition) is 1. The maximum Gasteiger partial charge on any atom is 0.259 e. The molecule has 0 saturated carbocycles. The van der Waals surface area contributed by atoms with Crippen LogP contribution in [0.2, 0.25) is 0 Å².